The summed E-state index contributed by atoms with van der Waals surface area (Å²) in [6, 6.07) is 7.20. The molecule has 0 spiro atoms. The van der Waals surface area contributed by atoms with Crippen molar-refractivity contribution in [3.05, 3.63) is 66.0 Å². The van der Waals surface area contributed by atoms with Crippen LogP contribution < -0.4 is 14.5 Å². The van der Waals surface area contributed by atoms with Gasteiger partial charge in [0, 0.05) is 13.5 Å². The van der Waals surface area contributed by atoms with Crippen LogP contribution in [0.15, 0.2) is 35.4 Å². The first-order valence-electron chi connectivity index (χ1n) is 8.34. The molecular formula is C17H16ClN5O5S. The van der Waals surface area contributed by atoms with E-state index in [2.05, 4.69) is 15.0 Å². The van der Waals surface area contributed by atoms with E-state index in [0.717, 1.165) is 16.9 Å². The molecule has 0 radical (unpaired) electrons. The molecule has 3 rings (SSSR count). The minimum Gasteiger partial charge on any atom is -0.494 e. The Hall–Kier alpha value is -3.18. The lowest BCUT2D eigenvalue weighted by atomic mass is 10.1. The number of thiazole rings is 1. The number of hydrogen-bond donors (Lipinski definition) is 2. The third-order valence-electron chi connectivity index (χ3n) is 3.99. The zero-order valence-corrected chi connectivity index (χ0v) is 16.7. The van der Waals surface area contributed by atoms with Gasteiger partial charge in [-0.05, 0) is 17.7 Å². The van der Waals surface area contributed by atoms with E-state index in [9.17, 15) is 20.0 Å². The molecular weight excluding hydrogens is 422 g/mol. The lowest BCUT2D eigenvalue weighted by Gasteiger charge is -2.18. The van der Waals surface area contributed by atoms with Gasteiger partial charge in [0.1, 0.15) is 18.7 Å². The average Bonchev–Trinajstić information content (AvgIpc) is 2.99. The zero-order chi connectivity index (χ0) is 21.0. The number of nitro groups is 1. The summed E-state index contributed by atoms with van der Waals surface area (Å²) in [6.45, 7) is 0.593. The number of nitrogens with zero attached hydrogens (tertiary/aromatic N) is 4. The Bertz CT molecular complexity index is 1070. The van der Waals surface area contributed by atoms with Gasteiger partial charge in [0.05, 0.1) is 16.3 Å². The summed E-state index contributed by atoms with van der Waals surface area (Å²) < 4.78 is 5.67. The highest BCUT2D eigenvalue weighted by Gasteiger charge is 2.24. The summed E-state index contributed by atoms with van der Waals surface area (Å²) in [7, 11) is 1.65. The SMILES string of the molecule is CN(CCOc1ccc(Cc2sc(=O)[nH]c2O)cc1)c1ncnc(Cl)c1[N+](=O)[O-]. The van der Waals surface area contributed by atoms with Crippen LogP contribution in [0.25, 0.3) is 0 Å². The Morgan fingerprint density at radius 2 is 2.07 bits per heavy atom. The first-order chi connectivity index (χ1) is 13.8. The van der Waals surface area contributed by atoms with E-state index in [-0.39, 0.29) is 34.0 Å². The van der Waals surface area contributed by atoms with Gasteiger partial charge < -0.3 is 14.7 Å². The van der Waals surface area contributed by atoms with Crippen molar-refractivity contribution in [1.82, 2.24) is 15.0 Å². The van der Waals surface area contributed by atoms with Crippen LogP contribution in [-0.4, -0.2) is 45.2 Å². The number of benzene rings is 1. The van der Waals surface area contributed by atoms with E-state index in [1.165, 1.54) is 6.33 Å². The van der Waals surface area contributed by atoms with E-state index in [0.29, 0.717) is 23.6 Å². The van der Waals surface area contributed by atoms with Gasteiger partial charge >= 0.3 is 10.6 Å². The maximum Gasteiger partial charge on any atom is 0.348 e. The number of nitrogens with one attached hydrogen (secondary N) is 1. The molecule has 0 aliphatic rings. The van der Waals surface area contributed by atoms with Crippen molar-refractivity contribution >= 4 is 34.4 Å². The highest BCUT2D eigenvalue weighted by atomic mass is 35.5. The minimum atomic E-state index is -0.618. The molecule has 2 aromatic heterocycles. The quantitative estimate of drug-likeness (QED) is 0.312. The second-order valence-electron chi connectivity index (χ2n) is 5.97. The lowest BCUT2D eigenvalue weighted by molar-refractivity contribution is -0.384. The number of aromatic amines is 1. The monoisotopic (exact) mass is 437 g/mol. The first-order valence-corrected chi connectivity index (χ1v) is 9.53. The molecule has 0 bridgehead atoms. The Kier molecular flexibility index (Phi) is 6.29. The van der Waals surface area contributed by atoms with Crippen LogP contribution in [0.5, 0.6) is 11.6 Å². The third kappa shape index (κ3) is 5.00. The van der Waals surface area contributed by atoms with Crippen LogP contribution >= 0.6 is 22.9 Å². The predicted octanol–water partition coefficient (Wildman–Crippen LogP) is 2.60. The molecule has 0 aliphatic heterocycles. The molecule has 1 aromatic carbocycles. The number of aromatic nitrogens is 3. The van der Waals surface area contributed by atoms with Gasteiger partial charge in [-0.2, -0.15) is 0 Å². The lowest BCUT2D eigenvalue weighted by Crippen LogP contribution is -2.25. The Morgan fingerprint density at radius 1 is 1.34 bits per heavy atom. The molecule has 0 unspecified atom stereocenters. The topological polar surface area (TPSA) is 134 Å². The summed E-state index contributed by atoms with van der Waals surface area (Å²) in [5.74, 6) is 0.616. The van der Waals surface area contributed by atoms with Gasteiger partial charge in [-0.25, -0.2) is 9.97 Å². The number of likely N-dealkylation sites (N-methyl/N-ethyl adjacent to an activating group) is 1. The Morgan fingerprint density at radius 3 is 2.69 bits per heavy atom. The van der Waals surface area contributed by atoms with Gasteiger partial charge in [-0.3, -0.25) is 19.9 Å². The van der Waals surface area contributed by atoms with Crippen LogP contribution in [0.2, 0.25) is 5.15 Å². The second kappa shape index (κ2) is 8.88. The van der Waals surface area contributed by atoms with Gasteiger partial charge in [0.15, 0.2) is 0 Å². The normalized spacial score (nSPS) is 10.7. The number of hydrogen-bond acceptors (Lipinski definition) is 9. The maximum atomic E-state index is 11.2. The molecule has 29 heavy (non-hydrogen) atoms. The van der Waals surface area contributed by atoms with E-state index in [1.54, 1.807) is 24.1 Å². The smallest absolute Gasteiger partial charge is 0.348 e. The van der Waals surface area contributed by atoms with Crippen LogP contribution in [0.3, 0.4) is 0 Å². The molecule has 0 aliphatic carbocycles. The van der Waals surface area contributed by atoms with E-state index in [4.69, 9.17) is 16.3 Å². The molecule has 152 valence electrons. The molecule has 0 saturated carbocycles. The first kappa shape index (κ1) is 20.6. The van der Waals surface area contributed by atoms with Crippen molar-refractivity contribution in [3.8, 4) is 11.6 Å². The van der Waals surface area contributed by atoms with Crippen molar-refractivity contribution in [2.45, 2.75) is 6.42 Å². The number of aromatic hydroxyl groups is 1. The summed E-state index contributed by atoms with van der Waals surface area (Å²) in [5, 5.41) is 20.6. The van der Waals surface area contributed by atoms with Gasteiger partial charge in [-0.1, -0.05) is 35.1 Å². The zero-order valence-electron chi connectivity index (χ0n) is 15.2. The fourth-order valence-corrected chi connectivity index (χ4v) is 3.51. The molecule has 0 amide bonds. The maximum absolute atomic E-state index is 11.2. The van der Waals surface area contributed by atoms with Gasteiger partial charge in [0.2, 0.25) is 16.9 Å². The van der Waals surface area contributed by atoms with E-state index in [1.807, 2.05) is 12.1 Å². The fraction of sp³-hybridized carbons (Fsp3) is 0.235. The highest BCUT2D eigenvalue weighted by Crippen LogP contribution is 2.30. The van der Waals surface area contributed by atoms with Crippen LogP contribution in [-0.2, 0) is 6.42 Å². The highest BCUT2D eigenvalue weighted by molar-refractivity contribution is 7.09. The third-order valence-corrected chi connectivity index (χ3v) is 5.13. The van der Waals surface area contributed by atoms with Crippen molar-refractivity contribution in [2.75, 3.05) is 25.1 Å². The molecule has 0 fully saturated rings. The Labute approximate surface area is 173 Å². The van der Waals surface area contributed by atoms with E-state index < -0.39 is 4.92 Å². The minimum absolute atomic E-state index is 0.109. The molecule has 2 N–H and O–H groups in total. The summed E-state index contributed by atoms with van der Waals surface area (Å²) in [4.78, 5) is 33.5. The van der Waals surface area contributed by atoms with Crippen molar-refractivity contribution in [3.63, 3.8) is 0 Å². The molecule has 0 saturated heterocycles. The largest absolute Gasteiger partial charge is 0.494 e. The molecule has 0 atom stereocenters. The van der Waals surface area contributed by atoms with Crippen LogP contribution in [0.4, 0.5) is 11.5 Å². The van der Waals surface area contributed by atoms with Crippen molar-refractivity contribution in [2.24, 2.45) is 0 Å². The van der Waals surface area contributed by atoms with Crippen LogP contribution in [0.1, 0.15) is 10.4 Å². The molecule has 12 heteroatoms. The molecule has 2 heterocycles. The number of ether oxygens (including phenoxy) is 1. The number of anilines is 1. The average molecular weight is 438 g/mol. The van der Waals surface area contributed by atoms with Crippen LogP contribution in [0, 0.1) is 10.1 Å². The standard InChI is InChI=1S/C17H16ClN5O5S/c1-22(15-13(23(26)27)14(18)19-9-20-15)6-7-28-11-4-2-10(3-5-11)8-12-16(24)21-17(25)29-12/h2-5,9,24H,6-8H2,1H3,(H,21,25). The van der Waals surface area contributed by atoms with Gasteiger partial charge in [0.25, 0.3) is 0 Å². The molecule has 10 nitrogen and oxygen atoms in total. The summed E-state index contributed by atoms with van der Waals surface area (Å²) in [5.41, 5.74) is 0.558. The van der Waals surface area contributed by atoms with Crippen molar-refractivity contribution in [1.29, 1.82) is 0 Å². The summed E-state index contributed by atoms with van der Waals surface area (Å²) in [6.07, 6.45) is 1.59. The second-order valence-corrected chi connectivity index (χ2v) is 7.40. The predicted molar refractivity (Wildman–Crippen MR) is 108 cm³/mol. The number of H-pyrrole nitrogens is 1. The molecule has 3 aromatic rings. The van der Waals surface area contributed by atoms with E-state index >= 15 is 0 Å². The fourth-order valence-electron chi connectivity index (χ4n) is 2.55. The summed E-state index contributed by atoms with van der Waals surface area (Å²) >= 11 is 6.76. The number of rotatable bonds is 8. The van der Waals surface area contributed by atoms with Gasteiger partial charge in [-0.15, -0.1) is 0 Å². The Balaban J connectivity index is 1.57. The number of halogens is 1. The van der Waals surface area contributed by atoms with Crippen molar-refractivity contribution < 1.29 is 14.8 Å².